The van der Waals surface area contributed by atoms with Gasteiger partial charge in [-0.1, -0.05) is 0 Å². The first-order valence-electron chi connectivity index (χ1n) is 8.99. The Hall–Kier alpha value is 0.0495. The fourth-order valence-corrected chi connectivity index (χ4v) is 6.68. The van der Waals surface area contributed by atoms with Crippen molar-refractivity contribution in [2.75, 3.05) is 13.4 Å². The fraction of sp³-hybridized carbons (Fsp3) is 0.700. The van der Waals surface area contributed by atoms with Crippen molar-refractivity contribution in [3.05, 3.63) is 29.8 Å². The second-order valence-electron chi connectivity index (χ2n) is 6.13. The molecule has 1 aromatic carbocycles. The van der Waals surface area contributed by atoms with Gasteiger partial charge in [0.05, 0.1) is 0 Å². The number of benzene rings is 1. The Morgan fingerprint density at radius 2 is 1.74 bits per heavy atom. The summed E-state index contributed by atoms with van der Waals surface area (Å²) in [6.45, 7) is 6.89. The second-order valence-corrected chi connectivity index (χ2v) is 10.00. The first kappa shape index (κ1) is 21.1. The molecule has 0 saturated heterocycles. The molecule has 0 aliphatic carbocycles. The van der Waals surface area contributed by atoms with E-state index in [1.54, 1.807) is 4.46 Å². The number of ether oxygens (including phenoxy) is 1. The summed E-state index contributed by atoms with van der Waals surface area (Å²) in [7, 11) is 1.91. The van der Waals surface area contributed by atoms with E-state index in [0.29, 0.717) is 31.1 Å². The van der Waals surface area contributed by atoms with Crippen LogP contribution in [-0.4, -0.2) is 34.4 Å². The summed E-state index contributed by atoms with van der Waals surface area (Å²) in [5.41, 5.74) is 1.53. The Morgan fingerprint density at radius 1 is 1.09 bits per heavy atom. The van der Waals surface area contributed by atoms with Gasteiger partial charge in [0.2, 0.25) is 0 Å². The average Bonchev–Trinajstić information content (AvgIpc) is 2.59. The maximum absolute atomic E-state index is 5.92. The van der Waals surface area contributed by atoms with E-state index in [-0.39, 0.29) is 0 Å². The number of hydrogen-bond donors (Lipinski definition) is 0. The molecule has 23 heavy (non-hydrogen) atoms. The molecular weight excluding hydrogens is 367 g/mol. The Labute approximate surface area is 154 Å². The molecule has 0 fully saturated rings. The summed E-state index contributed by atoms with van der Waals surface area (Å²) < 4.78 is 7.51. The van der Waals surface area contributed by atoms with Crippen molar-refractivity contribution in [3.8, 4) is 0 Å². The first-order valence-corrected chi connectivity index (χ1v) is 12.1. The van der Waals surface area contributed by atoms with Gasteiger partial charge in [0.25, 0.3) is 0 Å². The molecule has 0 N–H and O–H groups in total. The van der Waals surface area contributed by atoms with Crippen LogP contribution in [0.3, 0.4) is 0 Å². The van der Waals surface area contributed by atoms with Crippen LogP contribution in [0.15, 0.2) is 24.3 Å². The third-order valence-electron chi connectivity index (χ3n) is 4.39. The molecule has 132 valence electrons. The van der Waals surface area contributed by atoms with Crippen LogP contribution < -0.4 is 4.46 Å². The van der Waals surface area contributed by atoms with Crippen LogP contribution in [0.4, 0.5) is 0 Å². The summed E-state index contributed by atoms with van der Waals surface area (Å²) >= 11 is 2.43. The van der Waals surface area contributed by atoms with Gasteiger partial charge >= 0.3 is 155 Å². The number of hydrogen-bond acceptors (Lipinski definition) is 2. The summed E-state index contributed by atoms with van der Waals surface area (Å²) in [6.07, 6.45) is 10.3. The molecule has 0 bridgehead atoms. The van der Waals surface area contributed by atoms with E-state index < -0.39 is 0 Å². The molecular formula is C20H34OSSe. The Balaban J connectivity index is 2.91. The van der Waals surface area contributed by atoms with Crippen LogP contribution in [0.25, 0.3) is 0 Å². The average molecular weight is 402 g/mol. The van der Waals surface area contributed by atoms with Crippen LogP contribution in [0.2, 0.25) is 4.82 Å². The van der Waals surface area contributed by atoms with E-state index in [1.165, 1.54) is 44.1 Å². The van der Waals surface area contributed by atoms with Gasteiger partial charge in [-0.05, 0) is 0 Å². The molecule has 1 aromatic rings. The van der Waals surface area contributed by atoms with Gasteiger partial charge in [0.15, 0.2) is 0 Å². The monoisotopic (exact) mass is 402 g/mol. The van der Waals surface area contributed by atoms with Gasteiger partial charge in [-0.15, -0.1) is 0 Å². The molecule has 0 heterocycles. The number of unbranched alkanes of at least 4 members (excludes halogenated alkanes) is 2. The van der Waals surface area contributed by atoms with Gasteiger partial charge < -0.3 is 0 Å². The van der Waals surface area contributed by atoms with Gasteiger partial charge in [0, 0.05) is 0 Å². The van der Waals surface area contributed by atoms with Crippen molar-refractivity contribution in [1.82, 2.24) is 0 Å². The van der Waals surface area contributed by atoms with Crippen molar-refractivity contribution in [2.24, 2.45) is 0 Å². The Bertz CT molecular complexity index is 424. The van der Waals surface area contributed by atoms with Crippen LogP contribution in [-0.2, 0) is 4.74 Å². The van der Waals surface area contributed by atoms with E-state index >= 15 is 0 Å². The van der Waals surface area contributed by atoms with Crippen molar-refractivity contribution < 1.29 is 4.74 Å². The molecule has 2 unspecified atom stereocenters. The molecule has 0 aliphatic heterocycles. The van der Waals surface area contributed by atoms with Gasteiger partial charge in [-0.3, -0.25) is 0 Å². The normalized spacial score (nSPS) is 15.3. The topological polar surface area (TPSA) is 9.23 Å². The van der Waals surface area contributed by atoms with Crippen molar-refractivity contribution in [1.29, 1.82) is 0 Å². The van der Waals surface area contributed by atoms with Crippen LogP contribution in [0.1, 0.15) is 70.1 Å². The van der Waals surface area contributed by atoms with E-state index in [2.05, 4.69) is 51.3 Å². The molecule has 0 aliphatic rings. The molecule has 0 saturated carbocycles. The minimum absolute atomic E-state index is 0.430. The van der Waals surface area contributed by atoms with Gasteiger partial charge in [0.1, 0.15) is 0 Å². The van der Waals surface area contributed by atoms with E-state index in [9.17, 15) is 0 Å². The summed E-state index contributed by atoms with van der Waals surface area (Å²) in [5.74, 6) is 0. The van der Waals surface area contributed by atoms with E-state index in [0.717, 1.165) is 0 Å². The van der Waals surface area contributed by atoms with E-state index in [4.69, 9.17) is 4.74 Å². The third kappa shape index (κ3) is 7.22. The molecule has 0 spiro atoms. The zero-order valence-corrected chi connectivity index (χ0v) is 18.0. The van der Waals surface area contributed by atoms with Crippen molar-refractivity contribution >= 4 is 31.2 Å². The summed E-state index contributed by atoms with van der Waals surface area (Å²) in [4.78, 5) is 0.703. The Kier molecular flexibility index (Phi) is 11.4. The quantitative estimate of drug-likeness (QED) is 0.420. The molecule has 3 heteroatoms. The number of rotatable bonds is 12. The number of methoxy groups -OCH3 is 1. The predicted octanol–water partition coefficient (Wildman–Crippen LogP) is 5.62. The number of thioether (sulfide) groups is 1. The van der Waals surface area contributed by atoms with Gasteiger partial charge in [-0.25, -0.2) is 0 Å². The van der Waals surface area contributed by atoms with Crippen molar-refractivity contribution in [3.63, 3.8) is 0 Å². The van der Waals surface area contributed by atoms with Gasteiger partial charge in [-0.2, -0.15) is 0 Å². The predicted molar refractivity (Wildman–Crippen MR) is 107 cm³/mol. The second kappa shape index (κ2) is 12.4. The van der Waals surface area contributed by atoms with Crippen LogP contribution >= 0.6 is 11.8 Å². The zero-order valence-electron chi connectivity index (χ0n) is 15.5. The summed E-state index contributed by atoms with van der Waals surface area (Å²) in [6, 6.07) is 9.07. The Morgan fingerprint density at radius 3 is 2.35 bits per heavy atom. The standard InChI is InChI=1S/C20H34OSSe/c1-6-8-13-18(21-4)20(14-9-7-2)23-19-15-11-10-12-17(19)16(3)22-5/h10-12,15-16,18,20H,6-9,13-14H2,1-5H3/t16-,18?,20?/m0/s1. The third-order valence-corrected chi connectivity index (χ3v) is 8.43. The minimum atomic E-state index is 0.430. The summed E-state index contributed by atoms with van der Waals surface area (Å²) in [5, 5.41) is 0.580. The van der Waals surface area contributed by atoms with Crippen LogP contribution in [0, 0.1) is 0 Å². The van der Waals surface area contributed by atoms with Crippen molar-refractivity contribution in [2.45, 2.75) is 75.5 Å². The van der Waals surface area contributed by atoms with Crippen LogP contribution in [0.5, 0.6) is 0 Å². The fourth-order valence-electron chi connectivity index (χ4n) is 2.80. The SMILES string of the molecule is CCCCC(OC)C(CCCC)[Se]c1ccccc1[C@H](C)SC. The molecule has 1 rings (SSSR count). The maximum atomic E-state index is 5.92. The molecule has 0 amide bonds. The molecule has 0 aromatic heterocycles. The van der Waals surface area contributed by atoms with E-state index in [1.807, 2.05) is 18.9 Å². The molecule has 3 atom stereocenters. The molecule has 1 nitrogen and oxygen atoms in total. The first-order chi connectivity index (χ1) is 11.2. The zero-order chi connectivity index (χ0) is 17.1. The molecule has 0 radical (unpaired) electrons.